The highest BCUT2D eigenvalue weighted by Gasteiger charge is 2.21. The van der Waals surface area contributed by atoms with E-state index < -0.39 is 28.4 Å². The summed E-state index contributed by atoms with van der Waals surface area (Å²) in [6.07, 6.45) is -0.217. The standard InChI is InChI=1S/C21H19N3O7/c1-30-15-5-6-16-13(10-20(26)31-18(16)11-15)9-17(21(22)27)23-19(25)8-12-3-2-4-14(7-12)24(28)29/h2-7,10-11,17H,8-9H2,1H3,(H2,22,27)(H,23,25)/t17-/m0/s1. The summed E-state index contributed by atoms with van der Waals surface area (Å²) in [4.78, 5) is 46.6. The van der Waals surface area contributed by atoms with E-state index >= 15 is 0 Å². The van der Waals surface area contributed by atoms with Gasteiger partial charge in [-0.3, -0.25) is 19.7 Å². The molecule has 1 aromatic heterocycles. The molecule has 0 spiro atoms. The molecule has 31 heavy (non-hydrogen) atoms. The number of ether oxygens (including phenoxy) is 1. The van der Waals surface area contributed by atoms with Crippen molar-refractivity contribution in [2.75, 3.05) is 7.11 Å². The van der Waals surface area contributed by atoms with Gasteiger partial charge in [0.25, 0.3) is 5.69 Å². The Labute approximate surface area is 175 Å². The maximum absolute atomic E-state index is 12.4. The molecule has 0 bridgehead atoms. The second kappa shape index (κ2) is 9.08. The number of nitro groups is 1. The molecule has 2 aromatic carbocycles. The van der Waals surface area contributed by atoms with Crippen LogP contribution in [0.5, 0.6) is 5.75 Å². The van der Waals surface area contributed by atoms with E-state index in [0.717, 1.165) is 0 Å². The van der Waals surface area contributed by atoms with Gasteiger partial charge >= 0.3 is 5.63 Å². The van der Waals surface area contributed by atoms with Crippen LogP contribution in [0.25, 0.3) is 11.0 Å². The fraction of sp³-hybridized carbons (Fsp3) is 0.190. The second-order valence-corrected chi connectivity index (χ2v) is 6.78. The molecule has 1 atom stereocenters. The maximum Gasteiger partial charge on any atom is 0.336 e. The van der Waals surface area contributed by atoms with Crippen LogP contribution in [0.3, 0.4) is 0 Å². The Morgan fingerprint density at radius 2 is 2.00 bits per heavy atom. The van der Waals surface area contributed by atoms with Crippen LogP contribution in [-0.2, 0) is 22.4 Å². The molecular formula is C21H19N3O7. The number of fused-ring (bicyclic) bond motifs is 1. The molecule has 0 aliphatic carbocycles. The molecule has 3 aromatic rings. The van der Waals surface area contributed by atoms with Crippen LogP contribution >= 0.6 is 0 Å². The van der Waals surface area contributed by atoms with Gasteiger partial charge in [-0.25, -0.2) is 4.79 Å². The van der Waals surface area contributed by atoms with E-state index in [0.29, 0.717) is 22.3 Å². The first-order valence-electron chi connectivity index (χ1n) is 9.19. The summed E-state index contributed by atoms with van der Waals surface area (Å²) in [5, 5.41) is 14.0. The van der Waals surface area contributed by atoms with Crippen molar-refractivity contribution in [2.24, 2.45) is 5.73 Å². The lowest BCUT2D eigenvalue weighted by Gasteiger charge is -2.16. The highest BCUT2D eigenvalue weighted by molar-refractivity contribution is 5.89. The molecule has 160 valence electrons. The van der Waals surface area contributed by atoms with Gasteiger partial charge in [0, 0.05) is 36.1 Å². The van der Waals surface area contributed by atoms with Crippen LogP contribution in [0.1, 0.15) is 11.1 Å². The number of non-ortho nitro benzene ring substituents is 1. The first-order chi connectivity index (χ1) is 14.8. The number of nitrogens with two attached hydrogens (primary N) is 1. The minimum atomic E-state index is -1.10. The van der Waals surface area contributed by atoms with E-state index in [4.69, 9.17) is 14.9 Å². The Morgan fingerprint density at radius 3 is 2.68 bits per heavy atom. The lowest BCUT2D eigenvalue weighted by atomic mass is 10.0. The van der Waals surface area contributed by atoms with Gasteiger partial charge in [-0.2, -0.15) is 0 Å². The van der Waals surface area contributed by atoms with Crippen LogP contribution in [0.4, 0.5) is 5.69 Å². The number of nitrogens with zero attached hydrogens (tertiary/aromatic N) is 1. The monoisotopic (exact) mass is 425 g/mol. The molecule has 3 rings (SSSR count). The third-order valence-corrected chi connectivity index (χ3v) is 4.63. The average molecular weight is 425 g/mol. The summed E-state index contributed by atoms with van der Waals surface area (Å²) < 4.78 is 10.3. The van der Waals surface area contributed by atoms with Crippen LogP contribution in [0.2, 0.25) is 0 Å². The molecule has 0 aliphatic rings. The minimum absolute atomic E-state index is 0.0373. The number of rotatable bonds is 8. The molecule has 1 heterocycles. The number of benzene rings is 2. The van der Waals surface area contributed by atoms with Gasteiger partial charge in [0.1, 0.15) is 17.4 Å². The maximum atomic E-state index is 12.4. The summed E-state index contributed by atoms with van der Waals surface area (Å²) in [6, 6.07) is 10.7. The van der Waals surface area contributed by atoms with Crippen molar-refractivity contribution < 1.29 is 23.7 Å². The predicted octanol–water partition coefficient (Wildman–Crippen LogP) is 1.47. The zero-order chi connectivity index (χ0) is 22.5. The zero-order valence-corrected chi connectivity index (χ0v) is 16.5. The van der Waals surface area contributed by atoms with Gasteiger partial charge in [0.05, 0.1) is 18.5 Å². The largest absolute Gasteiger partial charge is 0.497 e. The van der Waals surface area contributed by atoms with Gasteiger partial charge in [-0.1, -0.05) is 12.1 Å². The van der Waals surface area contributed by atoms with Gasteiger partial charge in [0.15, 0.2) is 0 Å². The number of amides is 2. The molecule has 0 radical (unpaired) electrons. The second-order valence-electron chi connectivity index (χ2n) is 6.78. The molecule has 0 saturated heterocycles. The smallest absolute Gasteiger partial charge is 0.336 e. The van der Waals surface area contributed by atoms with E-state index in [2.05, 4.69) is 5.32 Å². The van der Waals surface area contributed by atoms with Gasteiger partial charge in [0.2, 0.25) is 11.8 Å². The van der Waals surface area contributed by atoms with Crippen molar-refractivity contribution in [1.29, 1.82) is 0 Å². The molecule has 2 amide bonds. The predicted molar refractivity (Wildman–Crippen MR) is 111 cm³/mol. The van der Waals surface area contributed by atoms with Crippen LogP contribution in [0, 0.1) is 10.1 Å². The first-order valence-corrected chi connectivity index (χ1v) is 9.19. The van der Waals surface area contributed by atoms with Gasteiger partial charge in [-0.05, 0) is 23.3 Å². The lowest BCUT2D eigenvalue weighted by molar-refractivity contribution is -0.384. The summed E-state index contributed by atoms with van der Waals surface area (Å²) >= 11 is 0. The highest BCUT2D eigenvalue weighted by atomic mass is 16.6. The molecule has 0 aliphatic heterocycles. The number of nitrogens with one attached hydrogen (secondary N) is 1. The molecule has 0 saturated carbocycles. The Bertz CT molecular complexity index is 1220. The molecular weight excluding hydrogens is 406 g/mol. The number of hydrogen-bond acceptors (Lipinski definition) is 7. The van der Waals surface area contributed by atoms with Crippen LogP contribution < -0.4 is 21.4 Å². The summed E-state index contributed by atoms with van der Waals surface area (Å²) in [5.41, 5.74) is 5.83. The number of hydrogen-bond donors (Lipinski definition) is 2. The SMILES string of the molecule is COc1ccc2c(C[C@H](NC(=O)Cc3cccc([N+](=O)[O-])c3)C(N)=O)cc(=O)oc2c1. The Balaban J connectivity index is 1.81. The fourth-order valence-corrected chi connectivity index (χ4v) is 3.16. The summed E-state index contributed by atoms with van der Waals surface area (Å²) in [7, 11) is 1.48. The van der Waals surface area contributed by atoms with E-state index in [9.17, 15) is 24.5 Å². The quantitative estimate of drug-likeness (QED) is 0.314. The topological polar surface area (TPSA) is 155 Å². The highest BCUT2D eigenvalue weighted by Crippen LogP contribution is 2.23. The zero-order valence-electron chi connectivity index (χ0n) is 16.5. The Kier molecular flexibility index (Phi) is 6.29. The molecule has 0 unspecified atom stereocenters. The van der Waals surface area contributed by atoms with Gasteiger partial charge < -0.3 is 20.2 Å². The van der Waals surface area contributed by atoms with Crippen LogP contribution in [0.15, 0.2) is 57.7 Å². The number of methoxy groups -OCH3 is 1. The summed E-state index contributed by atoms with van der Waals surface area (Å²) in [6.45, 7) is 0. The average Bonchev–Trinajstić information content (AvgIpc) is 2.72. The Hall–Kier alpha value is -4.21. The third kappa shape index (κ3) is 5.24. The van der Waals surface area contributed by atoms with Crippen molar-refractivity contribution >= 4 is 28.5 Å². The molecule has 0 fully saturated rings. The minimum Gasteiger partial charge on any atom is -0.497 e. The van der Waals surface area contributed by atoms with Crippen LogP contribution in [-0.4, -0.2) is 29.9 Å². The number of primary amides is 1. The van der Waals surface area contributed by atoms with Gasteiger partial charge in [-0.15, -0.1) is 0 Å². The normalized spacial score (nSPS) is 11.6. The third-order valence-electron chi connectivity index (χ3n) is 4.63. The van der Waals surface area contributed by atoms with E-state index in [-0.39, 0.29) is 24.1 Å². The van der Waals surface area contributed by atoms with E-state index in [1.165, 1.54) is 31.4 Å². The summed E-state index contributed by atoms with van der Waals surface area (Å²) in [5.74, 6) is -0.843. The number of carbonyl (C=O) groups is 2. The number of carbonyl (C=O) groups excluding carboxylic acids is 2. The number of nitro benzene ring substituents is 1. The van der Waals surface area contributed by atoms with E-state index in [1.54, 1.807) is 24.3 Å². The van der Waals surface area contributed by atoms with Crippen molar-refractivity contribution in [2.45, 2.75) is 18.9 Å². The molecule has 3 N–H and O–H groups in total. The van der Waals surface area contributed by atoms with Crippen molar-refractivity contribution in [1.82, 2.24) is 5.32 Å². The van der Waals surface area contributed by atoms with Crippen molar-refractivity contribution in [3.05, 3.63) is 80.2 Å². The Morgan fingerprint density at radius 1 is 1.23 bits per heavy atom. The molecule has 10 nitrogen and oxygen atoms in total. The molecule has 10 heteroatoms. The van der Waals surface area contributed by atoms with Crippen molar-refractivity contribution in [3.8, 4) is 5.75 Å². The first kappa shape index (κ1) is 21.5. The lowest BCUT2D eigenvalue weighted by Crippen LogP contribution is -2.46. The van der Waals surface area contributed by atoms with Crippen molar-refractivity contribution in [3.63, 3.8) is 0 Å². The fourth-order valence-electron chi connectivity index (χ4n) is 3.16. The van der Waals surface area contributed by atoms with E-state index in [1.807, 2.05) is 0 Å².